The van der Waals surface area contributed by atoms with E-state index in [4.69, 9.17) is 0 Å². The van der Waals surface area contributed by atoms with Crippen LogP contribution < -0.4 is 10.6 Å². The Morgan fingerprint density at radius 2 is 1.23 bits per heavy atom. The summed E-state index contributed by atoms with van der Waals surface area (Å²) < 4.78 is 0. The van der Waals surface area contributed by atoms with E-state index in [0.717, 1.165) is 26.2 Å². The molecule has 2 N–H and O–H groups in total. The van der Waals surface area contributed by atoms with Crippen LogP contribution in [0.1, 0.15) is 21.0 Å². The van der Waals surface area contributed by atoms with E-state index in [2.05, 4.69) is 15.6 Å². The van der Waals surface area contributed by atoms with Crippen molar-refractivity contribution in [3.05, 3.63) is 29.6 Å². The Morgan fingerprint density at radius 1 is 0.818 bits per heavy atom. The van der Waals surface area contributed by atoms with Crippen molar-refractivity contribution >= 4 is 11.8 Å². The lowest BCUT2D eigenvalue weighted by molar-refractivity contribution is 0.0722. The predicted octanol–water partition coefficient (Wildman–Crippen LogP) is -0.828. The number of amides is 2. The van der Waals surface area contributed by atoms with E-state index in [1.807, 2.05) is 0 Å². The Labute approximate surface area is 129 Å². The van der Waals surface area contributed by atoms with Crippen LogP contribution >= 0.6 is 0 Å². The average Bonchev–Trinajstić information content (AvgIpc) is 2.62. The molecule has 3 heterocycles. The van der Waals surface area contributed by atoms with Gasteiger partial charge in [0, 0.05) is 52.4 Å². The number of carbonyl (C=O) groups is 2. The number of nitrogens with one attached hydrogen (secondary N) is 2. The van der Waals surface area contributed by atoms with Crippen molar-refractivity contribution < 1.29 is 9.59 Å². The fourth-order valence-electron chi connectivity index (χ4n) is 2.73. The highest BCUT2D eigenvalue weighted by Crippen LogP contribution is 2.08. The summed E-state index contributed by atoms with van der Waals surface area (Å²) in [5.41, 5.74) is 0.700. The Balaban J connectivity index is 1.73. The van der Waals surface area contributed by atoms with E-state index in [1.54, 1.807) is 28.0 Å². The molecule has 2 amide bonds. The van der Waals surface area contributed by atoms with Gasteiger partial charge in [-0.1, -0.05) is 6.07 Å². The van der Waals surface area contributed by atoms with Crippen LogP contribution in [0.5, 0.6) is 0 Å². The summed E-state index contributed by atoms with van der Waals surface area (Å²) in [6, 6.07) is 5.09. The molecule has 1 aromatic heterocycles. The molecular weight excluding hydrogens is 282 g/mol. The Morgan fingerprint density at radius 3 is 1.64 bits per heavy atom. The summed E-state index contributed by atoms with van der Waals surface area (Å²) >= 11 is 0. The van der Waals surface area contributed by atoms with E-state index in [-0.39, 0.29) is 11.8 Å². The summed E-state index contributed by atoms with van der Waals surface area (Å²) in [7, 11) is 0. The molecule has 0 aliphatic carbocycles. The molecule has 22 heavy (non-hydrogen) atoms. The first-order chi connectivity index (χ1) is 10.8. The number of carbonyl (C=O) groups excluding carboxylic acids is 2. The molecule has 0 unspecified atom stereocenters. The van der Waals surface area contributed by atoms with E-state index in [9.17, 15) is 9.59 Å². The maximum atomic E-state index is 12.5. The Hall–Kier alpha value is -1.99. The third-order valence-electron chi connectivity index (χ3n) is 4.00. The van der Waals surface area contributed by atoms with Crippen molar-refractivity contribution in [1.29, 1.82) is 0 Å². The van der Waals surface area contributed by atoms with E-state index in [0.29, 0.717) is 37.6 Å². The smallest absolute Gasteiger partial charge is 0.272 e. The van der Waals surface area contributed by atoms with E-state index in [1.165, 1.54) is 0 Å². The largest absolute Gasteiger partial charge is 0.335 e. The molecule has 1 aromatic rings. The highest BCUT2D eigenvalue weighted by Gasteiger charge is 2.22. The first-order valence-electron chi connectivity index (χ1n) is 7.73. The predicted molar refractivity (Wildman–Crippen MR) is 81.8 cm³/mol. The minimum atomic E-state index is -0.100. The average molecular weight is 303 g/mol. The van der Waals surface area contributed by atoms with Crippen molar-refractivity contribution in [2.75, 3.05) is 52.4 Å². The van der Waals surface area contributed by atoms with Gasteiger partial charge in [0.15, 0.2) is 0 Å². The van der Waals surface area contributed by atoms with Gasteiger partial charge in [-0.15, -0.1) is 0 Å². The van der Waals surface area contributed by atoms with Crippen LogP contribution in [-0.4, -0.2) is 79.0 Å². The second kappa shape index (κ2) is 6.85. The van der Waals surface area contributed by atoms with Crippen LogP contribution in [-0.2, 0) is 0 Å². The van der Waals surface area contributed by atoms with Crippen LogP contribution in [0.4, 0.5) is 0 Å². The highest BCUT2D eigenvalue weighted by atomic mass is 16.2. The van der Waals surface area contributed by atoms with Gasteiger partial charge in [0.2, 0.25) is 0 Å². The molecule has 0 aromatic carbocycles. The lowest BCUT2D eigenvalue weighted by Crippen LogP contribution is -2.47. The summed E-state index contributed by atoms with van der Waals surface area (Å²) in [6.07, 6.45) is 0. The molecule has 0 atom stereocenters. The second-order valence-electron chi connectivity index (χ2n) is 5.49. The van der Waals surface area contributed by atoms with Gasteiger partial charge in [-0.25, -0.2) is 4.98 Å². The monoisotopic (exact) mass is 303 g/mol. The number of hydrogen-bond donors (Lipinski definition) is 2. The molecule has 2 aliphatic rings. The Kier molecular flexibility index (Phi) is 4.65. The van der Waals surface area contributed by atoms with Crippen LogP contribution in [0.15, 0.2) is 18.2 Å². The number of piperazine rings is 2. The number of pyridine rings is 1. The van der Waals surface area contributed by atoms with Gasteiger partial charge in [-0.2, -0.15) is 0 Å². The van der Waals surface area contributed by atoms with E-state index >= 15 is 0 Å². The van der Waals surface area contributed by atoms with Gasteiger partial charge in [0.05, 0.1) is 0 Å². The van der Waals surface area contributed by atoms with Crippen LogP contribution in [0.2, 0.25) is 0 Å². The SMILES string of the molecule is O=C(c1cccc(C(=O)N2CCNCC2)n1)N1CCNCC1. The van der Waals surface area contributed by atoms with Crippen LogP contribution in [0, 0.1) is 0 Å². The Bertz CT molecular complexity index is 505. The number of rotatable bonds is 2. The molecule has 7 heteroatoms. The molecule has 3 rings (SSSR count). The van der Waals surface area contributed by atoms with Crippen LogP contribution in [0.3, 0.4) is 0 Å². The molecule has 0 bridgehead atoms. The quantitative estimate of drug-likeness (QED) is 0.746. The third kappa shape index (κ3) is 3.26. The summed E-state index contributed by atoms with van der Waals surface area (Å²) in [6.45, 7) is 5.90. The van der Waals surface area contributed by atoms with Gasteiger partial charge in [0.25, 0.3) is 11.8 Å². The number of aromatic nitrogens is 1. The highest BCUT2D eigenvalue weighted by molar-refractivity contribution is 5.96. The van der Waals surface area contributed by atoms with Gasteiger partial charge < -0.3 is 20.4 Å². The summed E-state index contributed by atoms with van der Waals surface area (Å²) in [5.74, 6) is -0.201. The van der Waals surface area contributed by atoms with Crippen molar-refractivity contribution in [2.24, 2.45) is 0 Å². The standard InChI is InChI=1S/C15H21N5O2/c21-14(19-8-4-16-5-9-19)12-2-1-3-13(18-12)15(22)20-10-6-17-7-11-20/h1-3,16-17H,4-11H2. The zero-order chi connectivity index (χ0) is 15.4. The zero-order valence-corrected chi connectivity index (χ0v) is 12.5. The molecule has 118 valence electrons. The molecule has 0 spiro atoms. The minimum absolute atomic E-state index is 0.100. The van der Waals surface area contributed by atoms with Crippen molar-refractivity contribution in [1.82, 2.24) is 25.4 Å². The van der Waals surface area contributed by atoms with Gasteiger partial charge in [-0.05, 0) is 12.1 Å². The molecule has 0 saturated carbocycles. The molecule has 2 saturated heterocycles. The lowest BCUT2D eigenvalue weighted by atomic mass is 10.2. The molecular formula is C15H21N5O2. The van der Waals surface area contributed by atoms with Crippen molar-refractivity contribution in [3.8, 4) is 0 Å². The second-order valence-corrected chi connectivity index (χ2v) is 5.49. The number of hydrogen-bond acceptors (Lipinski definition) is 5. The molecule has 0 radical (unpaired) electrons. The topological polar surface area (TPSA) is 77.6 Å². The maximum absolute atomic E-state index is 12.5. The molecule has 2 aliphatic heterocycles. The van der Waals surface area contributed by atoms with Crippen LogP contribution in [0.25, 0.3) is 0 Å². The summed E-state index contributed by atoms with van der Waals surface area (Å²) in [4.78, 5) is 32.8. The fourth-order valence-corrected chi connectivity index (χ4v) is 2.73. The van der Waals surface area contributed by atoms with Gasteiger partial charge in [0.1, 0.15) is 11.4 Å². The first-order valence-corrected chi connectivity index (χ1v) is 7.73. The minimum Gasteiger partial charge on any atom is -0.335 e. The summed E-state index contributed by atoms with van der Waals surface area (Å²) in [5, 5.41) is 6.43. The van der Waals surface area contributed by atoms with E-state index < -0.39 is 0 Å². The third-order valence-corrected chi connectivity index (χ3v) is 4.00. The van der Waals surface area contributed by atoms with Crippen molar-refractivity contribution in [2.45, 2.75) is 0 Å². The fraction of sp³-hybridized carbons (Fsp3) is 0.533. The molecule has 2 fully saturated rings. The first kappa shape index (κ1) is 14.9. The van der Waals surface area contributed by atoms with Crippen molar-refractivity contribution in [3.63, 3.8) is 0 Å². The maximum Gasteiger partial charge on any atom is 0.272 e. The number of nitrogens with zero attached hydrogens (tertiary/aromatic N) is 3. The van der Waals surface area contributed by atoms with Gasteiger partial charge >= 0.3 is 0 Å². The lowest BCUT2D eigenvalue weighted by Gasteiger charge is -2.28. The normalized spacial score (nSPS) is 19.1. The van der Waals surface area contributed by atoms with Gasteiger partial charge in [-0.3, -0.25) is 9.59 Å². The zero-order valence-electron chi connectivity index (χ0n) is 12.5. The molecule has 7 nitrogen and oxygen atoms in total.